The molecule has 0 bridgehead atoms. The third kappa shape index (κ3) is 3.71. The number of benzene rings is 1. The van der Waals surface area contributed by atoms with Gasteiger partial charge in [-0.25, -0.2) is 0 Å². The number of hydrogen-bond donors (Lipinski definition) is 1. The maximum Gasteiger partial charge on any atom is 0.262 e. The summed E-state index contributed by atoms with van der Waals surface area (Å²) < 4.78 is 5.36. The van der Waals surface area contributed by atoms with E-state index in [1.165, 1.54) is 32.2 Å². The highest BCUT2D eigenvalue weighted by molar-refractivity contribution is 6.01. The topological polar surface area (TPSA) is 58.6 Å². The van der Waals surface area contributed by atoms with E-state index >= 15 is 0 Å². The van der Waals surface area contributed by atoms with Crippen molar-refractivity contribution in [3.8, 4) is 5.75 Å². The first kappa shape index (κ1) is 16.6. The Morgan fingerprint density at radius 2 is 1.92 bits per heavy atom. The zero-order valence-electron chi connectivity index (χ0n) is 14.6. The van der Waals surface area contributed by atoms with Gasteiger partial charge in [-0.05, 0) is 62.9 Å². The van der Waals surface area contributed by atoms with Crippen LogP contribution in [0.4, 0.5) is 5.69 Å². The summed E-state index contributed by atoms with van der Waals surface area (Å²) in [6, 6.07) is 5.38. The predicted octanol–water partition coefficient (Wildman–Crippen LogP) is 3.10. The average molecular weight is 342 g/mol. The third-order valence-corrected chi connectivity index (χ3v) is 5.85. The van der Waals surface area contributed by atoms with Crippen LogP contribution in [-0.2, 0) is 4.79 Å². The molecule has 5 heteroatoms. The minimum Gasteiger partial charge on any atom is -0.482 e. The molecule has 1 aromatic rings. The number of likely N-dealkylation sites (tertiary alicyclic amines) is 1. The first-order chi connectivity index (χ1) is 12.2. The van der Waals surface area contributed by atoms with E-state index in [4.69, 9.17) is 4.74 Å². The van der Waals surface area contributed by atoms with Crippen LogP contribution in [0.1, 0.15) is 48.9 Å². The Morgan fingerprint density at radius 1 is 1.16 bits per heavy atom. The van der Waals surface area contributed by atoms with E-state index in [0.717, 1.165) is 31.8 Å². The van der Waals surface area contributed by atoms with Gasteiger partial charge in [0.05, 0.1) is 5.69 Å². The molecular weight excluding hydrogens is 316 g/mol. The standard InChI is InChI=1S/C20H26N2O3/c23-19-13-25-18-6-5-16(11-17(18)21-19)20(24)15-7-9-22(10-8-15)12-14-3-1-2-4-14/h5-6,11,14-15H,1-4,7-10,12-13H2,(H,21,23). The third-order valence-electron chi connectivity index (χ3n) is 5.85. The molecule has 1 saturated heterocycles. The van der Waals surface area contributed by atoms with Crippen molar-refractivity contribution >= 4 is 17.4 Å². The number of fused-ring (bicyclic) bond motifs is 1. The zero-order valence-corrected chi connectivity index (χ0v) is 14.6. The van der Waals surface area contributed by atoms with Gasteiger partial charge in [-0.15, -0.1) is 0 Å². The molecule has 1 aromatic carbocycles. The van der Waals surface area contributed by atoms with Gasteiger partial charge in [0.15, 0.2) is 12.4 Å². The van der Waals surface area contributed by atoms with E-state index in [1.54, 1.807) is 12.1 Å². The largest absolute Gasteiger partial charge is 0.482 e. The van der Waals surface area contributed by atoms with Gasteiger partial charge in [0, 0.05) is 18.0 Å². The van der Waals surface area contributed by atoms with Gasteiger partial charge >= 0.3 is 0 Å². The van der Waals surface area contributed by atoms with Gasteiger partial charge in [0.1, 0.15) is 5.75 Å². The van der Waals surface area contributed by atoms with Crippen molar-refractivity contribution in [3.05, 3.63) is 23.8 Å². The van der Waals surface area contributed by atoms with Crippen LogP contribution in [-0.4, -0.2) is 42.8 Å². The quantitative estimate of drug-likeness (QED) is 0.854. The molecule has 2 fully saturated rings. The van der Waals surface area contributed by atoms with Crippen LogP contribution in [0.15, 0.2) is 18.2 Å². The van der Waals surface area contributed by atoms with E-state index in [9.17, 15) is 9.59 Å². The van der Waals surface area contributed by atoms with E-state index in [-0.39, 0.29) is 24.2 Å². The smallest absolute Gasteiger partial charge is 0.262 e. The Hall–Kier alpha value is -1.88. The lowest BCUT2D eigenvalue weighted by molar-refractivity contribution is -0.118. The normalized spacial score (nSPS) is 22.3. The van der Waals surface area contributed by atoms with E-state index in [1.807, 2.05) is 6.07 Å². The Balaban J connectivity index is 1.35. The lowest BCUT2D eigenvalue weighted by Crippen LogP contribution is -2.38. The first-order valence-corrected chi connectivity index (χ1v) is 9.52. The molecule has 0 radical (unpaired) electrons. The highest BCUT2D eigenvalue weighted by atomic mass is 16.5. The lowest BCUT2D eigenvalue weighted by atomic mass is 9.88. The van der Waals surface area contributed by atoms with Gasteiger partial charge in [-0.2, -0.15) is 0 Å². The number of ketones is 1. The fourth-order valence-electron chi connectivity index (χ4n) is 4.41. The van der Waals surface area contributed by atoms with E-state index in [0.29, 0.717) is 17.0 Å². The number of piperidine rings is 1. The Kier molecular flexibility index (Phi) is 4.75. The number of amides is 1. The molecule has 1 N–H and O–H groups in total. The Labute approximate surface area is 148 Å². The molecule has 3 aliphatic rings. The minimum atomic E-state index is -0.169. The molecule has 2 aliphatic heterocycles. The predicted molar refractivity (Wildman–Crippen MR) is 96.0 cm³/mol. The van der Waals surface area contributed by atoms with Crippen LogP contribution in [0.2, 0.25) is 0 Å². The molecule has 0 atom stereocenters. The summed E-state index contributed by atoms with van der Waals surface area (Å²) in [5, 5.41) is 2.78. The Morgan fingerprint density at radius 3 is 2.68 bits per heavy atom. The lowest BCUT2D eigenvalue weighted by Gasteiger charge is -2.33. The highest BCUT2D eigenvalue weighted by Crippen LogP contribution is 2.31. The molecule has 0 aromatic heterocycles. The number of rotatable bonds is 4. The van der Waals surface area contributed by atoms with E-state index < -0.39 is 0 Å². The van der Waals surface area contributed by atoms with Gasteiger partial charge in [0.2, 0.25) is 0 Å². The van der Waals surface area contributed by atoms with E-state index in [2.05, 4.69) is 10.2 Å². The maximum atomic E-state index is 12.8. The fourth-order valence-corrected chi connectivity index (χ4v) is 4.41. The van der Waals surface area contributed by atoms with Crippen molar-refractivity contribution in [1.82, 2.24) is 4.90 Å². The van der Waals surface area contributed by atoms with Crippen molar-refractivity contribution in [3.63, 3.8) is 0 Å². The number of anilines is 1. The molecule has 0 unspecified atom stereocenters. The summed E-state index contributed by atoms with van der Waals surface area (Å²) >= 11 is 0. The number of Topliss-reactive ketones (excluding diaryl/α,β-unsaturated/α-hetero) is 1. The Bertz CT molecular complexity index is 659. The number of ether oxygens (including phenoxy) is 1. The summed E-state index contributed by atoms with van der Waals surface area (Å²) in [5.74, 6) is 1.64. The van der Waals surface area contributed by atoms with Crippen LogP contribution < -0.4 is 10.1 Å². The second kappa shape index (κ2) is 7.16. The van der Waals surface area contributed by atoms with Crippen LogP contribution in [0.5, 0.6) is 5.75 Å². The zero-order chi connectivity index (χ0) is 17.2. The number of carbonyl (C=O) groups is 2. The van der Waals surface area contributed by atoms with Gasteiger partial charge < -0.3 is 15.0 Å². The van der Waals surface area contributed by atoms with Gasteiger partial charge in [-0.3, -0.25) is 9.59 Å². The molecule has 2 heterocycles. The summed E-state index contributed by atoms with van der Waals surface area (Å²) in [4.78, 5) is 26.8. The number of nitrogens with one attached hydrogen (secondary N) is 1. The second-order valence-electron chi connectivity index (χ2n) is 7.64. The van der Waals surface area contributed by atoms with Crippen LogP contribution in [0.3, 0.4) is 0 Å². The minimum absolute atomic E-state index is 0.0414. The second-order valence-corrected chi connectivity index (χ2v) is 7.64. The average Bonchev–Trinajstić information content (AvgIpc) is 3.14. The van der Waals surface area contributed by atoms with Crippen molar-refractivity contribution in [2.45, 2.75) is 38.5 Å². The van der Waals surface area contributed by atoms with Crippen molar-refractivity contribution in [2.75, 3.05) is 31.6 Å². The van der Waals surface area contributed by atoms with Crippen LogP contribution in [0, 0.1) is 11.8 Å². The number of hydrogen-bond acceptors (Lipinski definition) is 4. The highest BCUT2D eigenvalue weighted by Gasteiger charge is 2.28. The van der Waals surface area contributed by atoms with Crippen molar-refractivity contribution in [1.29, 1.82) is 0 Å². The molecule has 1 saturated carbocycles. The van der Waals surface area contributed by atoms with Crippen molar-refractivity contribution in [2.24, 2.45) is 11.8 Å². The molecule has 4 rings (SSSR count). The molecule has 1 aliphatic carbocycles. The SMILES string of the molecule is O=C1COc2ccc(C(=O)C3CCN(CC4CCCC4)CC3)cc2N1. The van der Waals surface area contributed by atoms with Crippen molar-refractivity contribution < 1.29 is 14.3 Å². The van der Waals surface area contributed by atoms with Gasteiger partial charge in [0.25, 0.3) is 5.91 Å². The number of carbonyl (C=O) groups excluding carboxylic acids is 2. The molecule has 0 spiro atoms. The van der Waals surface area contributed by atoms with Crippen LogP contribution >= 0.6 is 0 Å². The first-order valence-electron chi connectivity index (χ1n) is 9.52. The molecule has 1 amide bonds. The van der Waals surface area contributed by atoms with Crippen LogP contribution in [0.25, 0.3) is 0 Å². The molecule has 25 heavy (non-hydrogen) atoms. The molecular formula is C20H26N2O3. The summed E-state index contributed by atoms with van der Waals surface area (Å²) in [6.07, 6.45) is 7.40. The monoisotopic (exact) mass is 342 g/mol. The maximum absolute atomic E-state index is 12.8. The molecule has 5 nitrogen and oxygen atoms in total. The summed E-state index contributed by atoms with van der Waals surface area (Å²) in [7, 11) is 0. The fraction of sp³-hybridized carbons (Fsp3) is 0.600. The molecule has 134 valence electrons. The van der Waals surface area contributed by atoms with Gasteiger partial charge in [-0.1, -0.05) is 12.8 Å². The number of nitrogens with zero attached hydrogens (tertiary/aromatic N) is 1. The summed E-state index contributed by atoms with van der Waals surface area (Å²) in [6.45, 7) is 3.30. The summed E-state index contributed by atoms with van der Waals surface area (Å²) in [5.41, 5.74) is 1.29.